The predicted molar refractivity (Wildman–Crippen MR) is 325 cm³/mol. The molecular weight excluding hydrogens is 959 g/mol. The van der Waals surface area contributed by atoms with Gasteiger partial charge in [0.25, 0.3) is 0 Å². The number of unbranched alkanes of at least 4 members (excludes halogenated alkanes) is 35. The van der Waals surface area contributed by atoms with Gasteiger partial charge in [0.05, 0.1) is 40.3 Å². The number of carbonyl (C=O) groups is 3. The van der Waals surface area contributed by atoms with Crippen molar-refractivity contribution in [2.75, 3.05) is 47.5 Å². The van der Waals surface area contributed by atoms with Crippen LogP contribution >= 0.6 is 0 Å². The van der Waals surface area contributed by atoms with Gasteiger partial charge in [-0.2, -0.15) is 0 Å². The van der Waals surface area contributed by atoms with Gasteiger partial charge in [0.15, 0.2) is 12.4 Å². The van der Waals surface area contributed by atoms with Crippen LogP contribution in [-0.4, -0.2) is 82.3 Å². The maximum atomic E-state index is 12.9. The highest BCUT2D eigenvalue weighted by molar-refractivity contribution is 5.70. The zero-order valence-electron chi connectivity index (χ0n) is 51.1. The van der Waals surface area contributed by atoms with Gasteiger partial charge in [-0.25, -0.2) is 0 Å². The van der Waals surface area contributed by atoms with Crippen LogP contribution in [-0.2, 0) is 33.3 Å². The molecule has 0 aromatic heterocycles. The third-order valence-corrected chi connectivity index (χ3v) is 14.3. The molecule has 0 saturated heterocycles. The molecule has 0 aliphatic heterocycles. The Bertz CT molecular complexity index is 1450. The third-order valence-electron chi connectivity index (χ3n) is 14.3. The zero-order valence-corrected chi connectivity index (χ0v) is 51.1. The van der Waals surface area contributed by atoms with E-state index in [0.29, 0.717) is 23.9 Å². The Morgan fingerprint density at radius 3 is 1.10 bits per heavy atom. The van der Waals surface area contributed by atoms with Gasteiger partial charge in [-0.15, -0.1) is 0 Å². The summed E-state index contributed by atoms with van der Waals surface area (Å²) in [6, 6.07) is 0. The first-order chi connectivity index (χ1) is 37.6. The smallest absolute Gasteiger partial charge is 0.306 e. The Morgan fingerprint density at radius 2 is 0.740 bits per heavy atom. The molecule has 0 fully saturated rings. The van der Waals surface area contributed by atoms with Crippen molar-refractivity contribution in [2.45, 2.75) is 309 Å². The van der Waals surface area contributed by atoms with Gasteiger partial charge < -0.3 is 33.3 Å². The minimum Gasteiger partial charge on any atom is -0.545 e. The van der Waals surface area contributed by atoms with Crippen LogP contribution in [0.3, 0.4) is 0 Å². The quantitative estimate of drug-likeness (QED) is 0.0195. The molecular formula is C68H123NO8. The highest BCUT2D eigenvalue weighted by Crippen LogP contribution is 2.18. The monoisotopic (exact) mass is 1080 g/mol. The van der Waals surface area contributed by atoms with Crippen LogP contribution in [0.4, 0.5) is 0 Å². The standard InChI is InChI=1S/C68H123NO8/c1-6-8-10-12-14-16-18-20-22-24-26-28-30-31-32-33-34-35-37-39-41-43-45-47-49-51-53-55-57-59-66(71)77-64(63-76-68(67(72)73)74-61-60-69(3,4)5)62-75-65(70)58-56-54-52-50-48-46-44-42-40-38-36-29-27-25-23-21-19-17-15-13-11-9-7-2/h8,10,14,16,20,22,26,28,31-32,64,68H,6-7,9,11-13,15,17-19,21,23-25,27,29-30,33-63H2,1-5H3/b10-8-,16-14-,22-20-,28-26-,32-31-. The first-order valence-electron chi connectivity index (χ1n) is 32.4. The Labute approximate surface area is 475 Å². The molecule has 0 saturated carbocycles. The minimum absolute atomic E-state index is 0.148. The van der Waals surface area contributed by atoms with Crippen LogP contribution in [0.5, 0.6) is 0 Å². The molecule has 9 heteroatoms. The van der Waals surface area contributed by atoms with Crippen LogP contribution in [0.15, 0.2) is 60.8 Å². The topological polar surface area (TPSA) is 111 Å². The van der Waals surface area contributed by atoms with Gasteiger partial charge in [-0.1, -0.05) is 286 Å². The van der Waals surface area contributed by atoms with Gasteiger partial charge in [-0.3, -0.25) is 9.59 Å². The Balaban J connectivity index is 4.15. The second-order valence-corrected chi connectivity index (χ2v) is 23.0. The summed E-state index contributed by atoms with van der Waals surface area (Å²) >= 11 is 0. The van der Waals surface area contributed by atoms with Crippen molar-refractivity contribution in [2.24, 2.45) is 0 Å². The van der Waals surface area contributed by atoms with Crippen molar-refractivity contribution in [3.8, 4) is 0 Å². The molecule has 0 heterocycles. The number of hydrogen-bond donors (Lipinski definition) is 0. The minimum atomic E-state index is -1.62. The van der Waals surface area contributed by atoms with Crippen LogP contribution in [0.25, 0.3) is 0 Å². The number of allylic oxidation sites excluding steroid dienone is 10. The number of quaternary nitrogens is 1. The number of esters is 2. The summed E-state index contributed by atoms with van der Waals surface area (Å²) in [7, 11) is 5.93. The number of likely N-dealkylation sites (N-methyl/N-ethyl adjacent to an activating group) is 1. The van der Waals surface area contributed by atoms with Crippen LogP contribution < -0.4 is 5.11 Å². The van der Waals surface area contributed by atoms with E-state index in [0.717, 1.165) is 70.6 Å². The summed E-state index contributed by atoms with van der Waals surface area (Å²) in [5.41, 5.74) is 0. The van der Waals surface area contributed by atoms with Gasteiger partial charge >= 0.3 is 11.9 Å². The molecule has 0 radical (unpaired) electrons. The maximum Gasteiger partial charge on any atom is 0.306 e. The predicted octanol–water partition coefficient (Wildman–Crippen LogP) is 18.2. The Kier molecular flexibility index (Phi) is 56.8. The second kappa shape index (κ2) is 59.1. The van der Waals surface area contributed by atoms with Crippen molar-refractivity contribution in [3.05, 3.63) is 60.8 Å². The molecule has 0 aromatic carbocycles. The molecule has 0 rings (SSSR count). The number of carboxylic acid groups (broad SMARTS) is 1. The Morgan fingerprint density at radius 1 is 0.403 bits per heavy atom. The molecule has 2 unspecified atom stereocenters. The molecule has 77 heavy (non-hydrogen) atoms. The number of carbonyl (C=O) groups excluding carboxylic acids is 3. The summed E-state index contributed by atoms with van der Waals surface area (Å²) in [5.74, 6) is -2.27. The van der Waals surface area contributed by atoms with E-state index in [2.05, 4.69) is 74.6 Å². The van der Waals surface area contributed by atoms with E-state index >= 15 is 0 Å². The molecule has 448 valence electrons. The molecule has 9 nitrogen and oxygen atoms in total. The van der Waals surface area contributed by atoms with Gasteiger partial charge in [0, 0.05) is 12.8 Å². The average Bonchev–Trinajstić information content (AvgIpc) is 3.40. The van der Waals surface area contributed by atoms with Gasteiger partial charge in [-0.05, 0) is 57.8 Å². The third kappa shape index (κ3) is 60.5. The SMILES string of the molecule is CC/C=C\C/C=C\C/C=C\C/C=C\C/C=C\CCCCCCCCCCCCCCCC(=O)OC(COC(=O)CCCCCCCCCCCCCCCCCCCCCCCCC)COC(OCC[N+](C)(C)C)C(=O)[O-]. The van der Waals surface area contributed by atoms with Crippen molar-refractivity contribution < 1.29 is 42.9 Å². The fraction of sp³-hybridized carbons (Fsp3) is 0.809. The van der Waals surface area contributed by atoms with Crippen LogP contribution in [0.1, 0.15) is 296 Å². The first kappa shape index (κ1) is 74.0. The van der Waals surface area contributed by atoms with E-state index in [-0.39, 0.29) is 32.2 Å². The molecule has 0 spiro atoms. The molecule has 0 aliphatic rings. The van der Waals surface area contributed by atoms with Crippen LogP contribution in [0, 0.1) is 0 Å². The van der Waals surface area contributed by atoms with E-state index in [9.17, 15) is 19.5 Å². The zero-order chi connectivity index (χ0) is 56.2. The second-order valence-electron chi connectivity index (χ2n) is 23.0. The normalized spacial score (nSPS) is 13.1. The van der Waals surface area contributed by atoms with Crippen molar-refractivity contribution in [1.29, 1.82) is 0 Å². The largest absolute Gasteiger partial charge is 0.545 e. The lowest BCUT2D eigenvalue weighted by Crippen LogP contribution is -2.44. The Hall–Kier alpha value is -3.01. The van der Waals surface area contributed by atoms with Crippen molar-refractivity contribution in [1.82, 2.24) is 0 Å². The van der Waals surface area contributed by atoms with Gasteiger partial charge in [0.2, 0.25) is 0 Å². The molecule has 0 aliphatic carbocycles. The van der Waals surface area contributed by atoms with Crippen molar-refractivity contribution in [3.63, 3.8) is 0 Å². The van der Waals surface area contributed by atoms with E-state index in [1.54, 1.807) is 0 Å². The molecule has 2 atom stereocenters. The highest BCUT2D eigenvalue weighted by Gasteiger charge is 2.22. The molecule has 0 aromatic rings. The summed E-state index contributed by atoms with van der Waals surface area (Å²) in [6.45, 7) is 4.68. The fourth-order valence-corrected chi connectivity index (χ4v) is 9.33. The lowest BCUT2D eigenvalue weighted by Gasteiger charge is -2.26. The summed E-state index contributed by atoms with van der Waals surface area (Å²) < 4.78 is 22.8. The first-order valence-corrected chi connectivity index (χ1v) is 32.4. The van der Waals surface area contributed by atoms with Crippen LogP contribution in [0.2, 0.25) is 0 Å². The van der Waals surface area contributed by atoms with Gasteiger partial charge in [0.1, 0.15) is 13.2 Å². The number of carboxylic acids is 1. The average molecular weight is 1080 g/mol. The fourth-order valence-electron chi connectivity index (χ4n) is 9.33. The number of nitrogens with zero attached hydrogens (tertiary/aromatic N) is 1. The number of ether oxygens (including phenoxy) is 4. The van der Waals surface area contributed by atoms with E-state index in [1.807, 2.05) is 21.1 Å². The number of hydrogen-bond acceptors (Lipinski definition) is 8. The maximum absolute atomic E-state index is 12.9. The van der Waals surface area contributed by atoms with E-state index < -0.39 is 24.3 Å². The van der Waals surface area contributed by atoms with E-state index in [4.69, 9.17) is 18.9 Å². The summed E-state index contributed by atoms with van der Waals surface area (Å²) in [4.78, 5) is 37.4. The lowest BCUT2D eigenvalue weighted by atomic mass is 10.0. The molecule has 0 N–H and O–H groups in total. The number of aliphatic carboxylic acids is 1. The van der Waals surface area contributed by atoms with E-state index in [1.165, 1.54) is 193 Å². The summed E-state index contributed by atoms with van der Waals surface area (Å²) in [6.07, 6.45) is 72.8. The highest BCUT2D eigenvalue weighted by atomic mass is 16.7. The van der Waals surface area contributed by atoms with Crippen molar-refractivity contribution >= 4 is 17.9 Å². The molecule has 0 bridgehead atoms. The summed E-state index contributed by atoms with van der Waals surface area (Å²) in [5, 5.41) is 11.8. The number of rotatable bonds is 60. The molecule has 0 amide bonds. The lowest BCUT2D eigenvalue weighted by molar-refractivity contribution is -0.870.